The van der Waals surface area contributed by atoms with Gasteiger partial charge < -0.3 is 26.4 Å². The highest BCUT2D eigenvalue weighted by molar-refractivity contribution is 5.99. The van der Waals surface area contributed by atoms with Gasteiger partial charge in [0, 0.05) is 19.0 Å². The van der Waals surface area contributed by atoms with Gasteiger partial charge in [0.1, 0.15) is 12.3 Å². The van der Waals surface area contributed by atoms with Gasteiger partial charge in [-0.2, -0.15) is 4.98 Å². The van der Waals surface area contributed by atoms with Gasteiger partial charge in [-0.3, -0.25) is 24.0 Å². The van der Waals surface area contributed by atoms with Crippen LogP contribution < -0.4 is 21.9 Å². The van der Waals surface area contributed by atoms with E-state index in [-0.39, 0.29) is 35.4 Å². The molecule has 0 aliphatic carbocycles. The van der Waals surface area contributed by atoms with Crippen molar-refractivity contribution < 1.29 is 19.7 Å². The highest BCUT2D eigenvalue weighted by atomic mass is 16.5. The Bertz CT molecular complexity index is 1480. The molecule has 7 N–H and O–H groups in total. The Kier molecular flexibility index (Phi) is 5.92. The lowest BCUT2D eigenvalue weighted by molar-refractivity contribution is -0.116. The third-order valence-electron chi connectivity index (χ3n) is 6.11. The van der Waals surface area contributed by atoms with E-state index in [0.29, 0.717) is 11.4 Å². The maximum absolute atomic E-state index is 12.9. The summed E-state index contributed by atoms with van der Waals surface area (Å²) in [6.45, 7) is 0.962. The summed E-state index contributed by atoms with van der Waals surface area (Å²) in [5.74, 6) is -0.453. The third-order valence-corrected chi connectivity index (χ3v) is 6.11. The van der Waals surface area contributed by atoms with Crippen LogP contribution in [0.15, 0.2) is 53.3 Å². The van der Waals surface area contributed by atoms with Crippen molar-refractivity contribution in [2.45, 2.75) is 31.8 Å². The second-order valence-corrected chi connectivity index (χ2v) is 8.54. The van der Waals surface area contributed by atoms with Crippen LogP contribution in [0.5, 0.6) is 0 Å². The van der Waals surface area contributed by atoms with Crippen LogP contribution in [-0.2, 0) is 9.53 Å². The molecule has 0 radical (unpaired) electrons. The number of amides is 1. The number of nitrogen functional groups attached to an aromatic ring is 2. The Labute approximate surface area is 204 Å². The maximum Gasteiger partial charge on any atom is 0.280 e. The number of aliphatic hydroxyl groups excluding tert-OH is 2. The molecule has 2 aromatic heterocycles. The number of nitrogens with zero attached hydrogens (tertiary/aromatic N) is 4. The fraction of sp³-hybridized carbons (Fsp3) is 0.250. The van der Waals surface area contributed by atoms with Crippen LogP contribution in [0.3, 0.4) is 0 Å². The van der Waals surface area contributed by atoms with Crippen LogP contribution in [0, 0.1) is 0 Å². The van der Waals surface area contributed by atoms with Crippen molar-refractivity contribution in [3.05, 3.63) is 58.9 Å². The SMILES string of the molecule is CC(=O)N(c1ccc(-c2ccc(N)cc2)cc1)c1nc2c(=O)[nH]c(N)nc2n1[C@H]1C[C@H](O)[C@@H](CO)O1. The van der Waals surface area contributed by atoms with Crippen molar-refractivity contribution in [3.8, 4) is 11.1 Å². The summed E-state index contributed by atoms with van der Waals surface area (Å²) >= 11 is 0. The van der Waals surface area contributed by atoms with E-state index in [4.69, 9.17) is 16.2 Å². The number of nitrogens with two attached hydrogens (primary N) is 2. The molecular formula is C24H25N7O5. The zero-order valence-electron chi connectivity index (χ0n) is 19.3. The minimum absolute atomic E-state index is 0.0468. The van der Waals surface area contributed by atoms with E-state index < -0.39 is 30.6 Å². The molecule has 12 heteroatoms. The third kappa shape index (κ3) is 4.06. The van der Waals surface area contributed by atoms with Crippen LogP contribution in [0.25, 0.3) is 22.3 Å². The molecule has 1 amide bonds. The number of imidazole rings is 1. The normalized spacial score (nSPS) is 19.6. The van der Waals surface area contributed by atoms with Crippen molar-refractivity contribution in [3.63, 3.8) is 0 Å². The molecule has 4 aromatic rings. The second kappa shape index (κ2) is 9.07. The molecule has 2 aromatic carbocycles. The minimum atomic E-state index is -0.963. The van der Waals surface area contributed by atoms with Crippen molar-refractivity contribution in [2.24, 2.45) is 0 Å². The van der Waals surface area contributed by atoms with Crippen molar-refractivity contribution in [2.75, 3.05) is 23.0 Å². The number of aliphatic hydroxyl groups is 2. The number of H-pyrrole nitrogens is 1. The van der Waals surface area contributed by atoms with Crippen LogP contribution in [0.4, 0.5) is 23.3 Å². The summed E-state index contributed by atoms with van der Waals surface area (Å²) in [5, 5.41) is 19.9. The average Bonchev–Trinajstić information content (AvgIpc) is 3.40. The summed E-state index contributed by atoms with van der Waals surface area (Å²) in [6.07, 6.45) is -2.58. The number of aromatic amines is 1. The number of ether oxygens (including phenoxy) is 1. The predicted octanol–water partition coefficient (Wildman–Crippen LogP) is 1.28. The molecule has 36 heavy (non-hydrogen) atoms. The van der Waals surface area contributed by atoms with Gasteiger partial charge >= 0.3 is 0 Å². The lowest BCUT2D eigenvalue weighted by Crippen LogP contribution is -2.28. The largest absolute Gasteiger partial charge is 0.399 e. The highest BCUT2D eigenvalue weighted by Crippen LogP contribution is 2.37. The summed E-state index contributed by atoms with van der Waals surface area (Å²) in [6, 6.07) is 14.6. The van der Waals surface area contributed by atoms with Gasteiger partial charge in [0.25, 0.3) is 5.56 Å². The van der Waals surface area contributed by atoms with Crippen LogP contribution in [0.1, 0.15) is 19.6 Å². The predicted molar refractivity (Wildman–Crippen MR) is 133 cm³/mol. The van der Waals surface area contributed by atoms with Gasteiger partial charge in [-0.25, -0.2) is 4.98 Å². The Hall–Kier alpha value is -4.26. The second-order valence-electron chi connectivity index (χ2n) is 8.54. The molecule has 186 valence electrons. The summed E-state index contributed by atoms with van der Waals surface area (Å²) in [5.41, 5.74) is 14.0. The molecular weight excluding hydrogens is 466 g/mol. The molecule has 1 saturated heterocycles. The Morgan fingerprint density at radius 3 is 2.36 bits per heavy atom. The van der Waals surface area contributed by atoms with Gasteiger partial charge in [0.2, 0.25) is 17.8 Å². The first-order chi connectivity index (χ1) is 17.3. The zero-order valence-corrected chi connectivity index (χ0v) is 19.3. The number of aromatic nitrogens is 4. The first-order valence-electron chi connectivity index (χ1n) is 11.3. The molecule has 0 saturated carbocycles. The Morgan fingerprint density at radius 1 is 1.14 bits per heavy atom. The molecule has 0 unspecified atom stereocenters. The van der Waals surface area contributed by atoms with Crippen molar-refractivity contribution >= 4 is 40.3 Å². The highest BCUT2D eigenvalue weighted by Gasteiger charge is 2.38. The van der Waals surface area contributed by atoms with E-state index in [0.717, 1.165) is 11.1 Å². The number of nitrogens with one attached hydrogen (secondary N) is 1. The fourth-order valence-corrected chi connectivity index (χ4v) is 4.37. The van der Waals surface area contributed by atoms with Gasteiger partial charge in [0.05, 0.1) is 18.4 Å². The average molecular weight is 492 g/mol. The number of anilines is 4. The molecule has 1 fully saturated rings. The number of fused-ring (bicyclic) bond motifs is 1. The van der Waals surface area contributed by atoms with E-state index in [1.807, 2.05) is 24.3 Å². The monoisotopic (exact) mass is 491 g/mol. The fourth-order valence-electron chi connectivity index (χ4n) is 4.37. The van der Waals surface area contributed by atoms with E-state index in [2.05, 4.69) is 15.0 Å². The lowest BCUT2D eigenvalue weighted by Gasteiger charge is -2.24. The van der Waals surface area contributed by atoms with Crippen LogP contribution >= 0.6 is 0 Å². The van der Waals surface area contributed by atoms with Crippen molar-refractivity contribution in [1.29, 1.82) is 0 Å². The molecule has 0 bridgehead atoms. The summed E-state index contributed by atoms with van der Waals surface area (Å²) < 4.78 is 7.28. The first-order valence-corrected chi connectivity index (χ1v) is 11.3. The molecule has 3 atom stereocenters. The maximum atomic E-state index is 12.9. The Morgan fingerprint density at radius 2 is 1.78 bits per heavy atom. The Balaban J connectivity index is 1.64. The van der Waals surface area contributed by atoms with Crippen molar-refractivity contribution in [1.82, 2.24) is 19.5 Å². The molecule has 5 rings (SSSR count). The number of hydrogen-bond donors (Lipinski definition) is 5. The van der Waals surface area contributed by atoms with Gasteiger partial charge in [0.15, 0.2) is 11.2 Å². The molecule has 3 heterocycles. The smallest absolute Gasteiger partial charge is 0.280 e. The summed E-state index contributed by atoms with van der Waals surface area (Å²) in [7, 11) is 0. The van der Waals surface area contributed by atoms with Gasteiger partial charge in [-0.15, -0.1) is 0 Å². The number of carbonyl (C=O) groups excluding carboxylic acids is 1. The summed E-state index contributed by atoms with van der Waals surface area (Å²) in [4.78, 5) is 37.9. The van der Waals surface area contributed by atoms with Gasteiger partial charge in [-0.05, 0) is 35.4 Å². The topological polar surface area (TPSA) is 186 Å². The van der Waals surface area contributed by atoms with E-state index in [1.54, 1.807) is 24.3 Å². The quantitative estimate of drug-likeness (QED) is 0.256. The standard InChI is InChI=1S/C24H25N7O5/c1-12(33)30(16-8-4-14(5-9-16)13-2-6-15(25)7-3-13)24-27-20-21(28-23(26)29-22(20)35)31(24)19-10-17(34)18(11-32)36-19/h2-9,17-19,32,34H,10-11,25H2,1H3,(H3,26,28,29,35)/t17-,18+,19+/m0/s1. The number of benzene rings is 2. The molecule has 12 nitrogen and oxygen atoms in total. The van der Waals surface area contributed by atoms with Gasteiger partial charge in [-0.1, -0.05) is 24.3 Å². The van der Waals surface area contributed by atoms with Crippen LogP contribution in [-0.4, -0.2) is 54.5 Å². The minimum Gasteiger partial charge on any atom is -0.399 e. The number of hydrogen-bond acceptors (Lipinski definition) is 9. The molecule has 1 aliphatic heterocycles. The van der Waals surface area contributed by atoms with E-state index in [9.17, 15) is 19.8 Å². The zero-order chi connectivity index (χ0) is 25.6. The number of carbonyl (C=O) groups is 1. The lowest BCUT2D eigenvalue weighted by atomic mass is 10.0. The van der Waals surface area contributed by atoms with E-state index in [1.165, 1.54) is 16.4 Å². The molecule has 0 spiro atoms. The molecule has 1 aliphatic rings. The van der Waals surface area contributed by atoms with E-state index >= 15 is 0 Å². The van der Waals surface area contributed by atoms with Crippen LogP contribution in [0.2, 0.25) is 0 Å². The number of rotatable bonds is 5. The first kappa shape index (κ1) is 23.5.